The van der Waals surface area contributed by atoms with Gasteiger partial charge < -0.3 is 5.11 Å². The second-order valence-corrected chi connectivity index (χ2v) is 2.66. The van der Waals surface area contributed by atoms with Gasteiger partial charge in [0.25, 0.3) is 0 Å². The number of phenols is 1. The van der Waals surface area contributed by atoms with Gasteiger partial charge in [-0.2, -0.15) is 0 Å². The predicted molar refractivity (Wildman–Crippen MR) is 48.9 cm³/mol. The van der Waals surface area contributed by atoms with Crippen molar-refractivity contribution < 1.29 is 10.0 Å². The van der Waals surface area contributed by atoms with Crippen LogP contribution in [0.25, 0.3) is 6.08 Å². The van der Waals surface area contributed by atoms with E-state index in [9.17, 15) is 15.2 Å². The van der Waals surface area contributed by atoms with Crippen molar-refractivity contribution in [2.75, 3.05) is 0 Å². The molecule has 0 aromatic heterocycles. The van der Waals surface area contributed by atoms with Gasteiger partial charge in [-0.05, 0) is 18.6 Å². The molecule has 0 amide bonds. The SMILES string of the molecule is Cc1ccc(/C=C/[N+](=O)[O-])c(O)c1. The highest BCUT2D eigenvalue weighted by Gasteiger charge is 1.98. The van der Waals surface area contributed by atoms with Gasteiger partial charge in [-0.1, -0.05) is 12.1 Å². The number of benzene rings is 1. The molecule has 0 saturated heterocycles. The smallest absolute Gasteiger partial charge is 0.235 e. The van der Waals surface area contributed by atoms with Crippen LogP contribution < -0.4 is 0 Å². The van der Waals surface area contributed by atoms with E-state index >= 15 is 0 Å². The van der Waals surface area contributed by atoms with Crippen LogP contribution >= 0.6 is 0 Å². The van der Waals surface area contributed by atoms with Crippen molar-refractivity contribution in [3.63, 3.8) is 0 Å². The predicted octanol–water partition coefficient (Wildman–Crippen LogP) is 1.95. The molecule has 0 fully saturated rings. The molecule has 0 aliphatic carbocycles. The Morgan fingerprint density at radius 3 is 2.77 bits per heavy atom. The van der Waals surface area contributed by atoms with E-state index < -0.39 is 4.92 Å². The Labute approximate surface area is 75.3 Å². The summed E-state index contributed by atoms with van der Waals surface area (Å²) < 4.78 is 0. The molecule has 1 aromatic carbocycles. The third-order valence-electron chi connectivity index (χ3n) is 1.56. The first kappa shape index (κ1) is 9.25. The molecular formula is C9H9NO3. The van der Waals surface area contributed by atoms with E-state index in [1.165, 1.54) is 6.08 Å². The summed E-state index contributed by atoms with van der Waals surface area (Å²) in [5.41, 5.74) is 1.36. The zero-order valence-corrected chi connectivity index (χ0v) is 7.10. The first-order chi connectivity index (χ1) is 6.09. The fourth-order valence-corrected chi connectivity index (χ4v) is 0.936. The molecule has 0 radical (unpaired) electrons. The fourth-order valence-electron chi connectivity index (χ4n) is 0.936. The molecule has 0 heterocycles. The highest BCUT2D eigenvalue weighted by Crippen LogP contribution is 2.19. The average molecular weight is 179 g/mol. The van der Waals surface area contributed by atoms with Crippen molar-refractivity contribution in [1.29, 1.82) is 0 Å². The Bertz CT molecular complexity index is 358. The van der Waals surface area contributed by atoms with Crippen LogP contribution in [0.2, 0.25) is 0 Å². The maximum atomic E-state index is 9.99. The van der Waals surface area contributed by atoms with E-state index in [1.807, 2.05) is 6.92 Å². The third-order valence-corrected chi connectivity index (χ3v) is 1.56. The lowest BCUT2D eigenvalue weighted by atomic mass is 10.1. The minimum absolute atomic E-state index is 0.0538. The number of aryl methyl sites for hydroxylation is 1. The standard InChI is InChI=1S/C9H9NO3/c1-7-2-3-8(9(11)6-7)4-5-10(12)13/h2-6,11H,1H3/b5-4+. The Hall–Kier alpha value is -1.84. The van der Waals surface area contributed by atoms with E-state index in [2.05, 4.69) is 0 Å². The Balaban J connectivity index is 2.96. The van der Waals surface area contributed by atoms with Crippen LogP contribution in [0.15, 0.2) is 24.4 Å². The van der Waals surface area contributed by atoms with Gasteiger partial charge in [-0.15, -0.1) is 0 Å². The number of hydrogen-bond donors (Lipinski definition) is 1. The molecule has 4 nitrogen and oxygen atoms in total. The molecule has 0 saturated carbocycles. The van der Waals surface area contributed by atoms with Gasteiger partial charge in [-0.3, -0.25) is 10.1 Å². The molecule has 1 rings (SSSR count). The molecule has 0 unspecified atom stereocenters. The first-order valence-electron chi connectivity index (χ1n) is 3.71. The van der Waals surface area contributed by atoms with Gasteiger partial charge in [0.2, 0.25) is 6.20 Å². The summed E-state index contributed by atoms with van der Waals surface area (Å²) in [5, 5.41) is 19.3. The van der Waals surface area contributed by atoms with Gasteiger partial charge in [-0.25, -0.2) is 0 Å². The summed E-state index contributed by atoms with van der Waals surface area (Å²) in [6.07, 6.45) is 2.05. The van der Waals surface area contributed by atoms with Crippen LogP contribution in [0, 0.1) is 17.0 Å². The minimum atomic E-state index is -0.570. The van der Waals surface area contributed by atoms with Crippen molar-refractivity contribution in [2.45, 2.75) is 6.92 Å². The lowest BCUT2D eigenvalue weighted by Crippen LogP contribution is -1.83. The lowest BCUT2D eigenvalue weighted by molar-refractivity contribution is -0.400. The lowest BCUT2D eigenvalue weighted by Gasteiger charge is -1.98. The summed E-state index contributed by atoms with van der Waals surface area (Å²) in [7, 11) is 0. The van der Waals surface area contributed by atoms with Crippen molar-refractivity contribution in [3.05, 3.63) is 45.6 Å². The number of phenolic OH excluding ortho intramolecular Hbond substituents is 1. The molecule has 4 heteroatoms. The van der Waals surface area contributed by atoms with Gasteiger partial charge in [0.1, 0.15) is 5.75 Å². The number of aromatic hydroxyl groups is 1. The summed E-state index contributed by atoms with van der Waals surface area (Å²) in [5.74, 6) is 0.0538. The second-order valence-electron chi connectivity index (χ2n) is 2.66. The van der Waals surface area contributed by atoms with Gasteiger partial charge >= 0.3 is 0 Å². The fraction of sp³-hybridized carbons (Fsp3) is 0.111. The summed E-state index contributed by atoms with van der Waals surface area (Å²) in [4.78, 5) is 9.42. The average Bonchev–Trinajstić information content (AvgIpc) is 2.02. The quantitative estimate of drug-likeness (QED) is 0.557. The molecule has 1 N–H and O–H groups in total. The van der Waals surface area contributed by atoms with E-state index in [4.69, 9.17) is 0 Å². The summed E-state index contributed by atoms with van der Waals surface area (Å²) >= 11 is 0. The van der Waals surface area contributed by atoms with E-state index in [0.29, 0.717) is 5.56 Å². The van der Waals surface area contributed by atoms with Crippen LogP contribution in [0.5, 0.6) is 5.75 Å². The molecule has 68 valence electrons. The van der Waals surface area contributed by atoms with Crippen molar-refractivity contribution in [1.82, 2.24) is 0 Å². The highest BCUT2D eigenvalue weighted by atomic mass is 16.6. The largest absolute Gasteiger partial charge is 0.507 e. The second kappa shape index (κ2) is 3.71. The zero-order chi connectivity index (χ0) is 9.84. The molecule has 0 aliphatic rings. The molecule has 0 spiro atoms. The van der Waals surface area contributed by atoms with E-state index in [1.54, 1.807) is 18.2 Å². The Kier molecular flexibility index (Phi) is 2.64. The van der Waals surface area contributed by atoms with Crippen molar-refractivity contribution in [2.24, 2.45) is 0 Å². The van der Waals surface area contributed by atoms with Crippen LogP contribution in [0.3, 0.4) is 0 Å². The molecular weight excluding hydrogens is 170 g/mol. The number of hydrogen-bond acceptors (Lipinski definition) is 3. The van der Waals surface area contributed by atoms with Gasteiger partial charge in [0.05, 0.1) is 4.92 Å². The molecule has 0 atom stereocenters. The monoisotopic (exact) mass is 179 g/mol. The zero-order valence-electron chi connectivity index (χ0n) is 7.10. The van der Waals surface area contributed by atoms with Crippen LogP contribution in [-0.4, -0.2) is 10.0 Å². The maximum absolute atomic E-state index is 9.99. The Morgan fingerprint density at radius 1 is 1.54 bits per heavy atom. The summed E-state index contributed by atoms with van der Waals surface area (Å²) in [6, 6.07) is 4.96. The van der Waals surface area contributed by atoms with Gasteiger partial charge in [0, 0.05) is 11.6 Å². The number of rotatable bonds is 2. The third kappa shape index (κ3) is 2.59. The maximum Gasteiger partial charge on any atom is 0.235 e. The van der Waals surface area contributed by atoms with Crippen LogP contribution in [-0.2, 0) is 0 Å². The van der Waals surface area contributed by atoms with E-state index in [0.717, 1.165) is 11.8 Å². The van der Waals surface area contributed by atoms with E-state index in [-0.39, 0.29) is 5.75 Å². The highest BCUT2D eigenvalue weighted by molar-refractivity contribution is 5.56. The normalized spacial score (nSPS) is 10.5. The number of nitro groups is 1. The number of nitrogens with zero attached hydrogens (tertiary/aromatic N) is 1. The van der Waals surface area contributed by atoms with Crippen LogP contribution in [0.4, 0.5) is 0 Å². The Morgan fingerprint density at radius 2 is 2.23 bits per heavy atom. The topological polar surface area (TPSA) is 63.4 Å². The molecule has 0 aliphatic heterocycles. The van der Waals surface area contributed by atoms with Crippen molar-refractivity contribution >= 4 is 6.08 Å². The van der Waals surface area contributed by atoms with Crippen molar-refractivity contribution in [3.8, 4) is 5.75 Å². The molecule has 0 bridgehead atoms. The molecule has 13 heavy (non-hydrogen) atoms. The first-order valence-corrected chi connectivity index (χ1v) is 3.71. The summed E-state index contributed by atoms with van der Waals surface area (Å²) in [6.45, 7) is 1.83. The molecule has 1 aromatic rings. The minimum Gasteiger partial charge on any atom is -0.507 e. The van der Waals surface area contributed by atoms with Crippen LogP contribution in [0.1, 0.15) is 11.1 Å². The van der Waals surface area contributed by atoms with Gasteiger partial charge in [0.15, 0.2) is 0 Å².